The van der Waals surface area contributed by atoms with Crippen molar-refractivity contribution in [3.8, 4) is 0 Å². The van der Waals surface area contributed by atoms with Gasteiger partial charge in [0.1, 0.15) is 12.7 Å². The third kappa shape index (κ3) is 5.24. The third-order valence-corrected chi connectivity index (χ3v) is 4.76. The second kappa shape index (κ2) is 8.92. The van der Waals surface area contributed by atoms with Crippen LogP contribution in [0.25, 0.3) is 0 Å². The van der Waals surface area contributed by atoms with E-state index in [0.29, 0.717) is 6.61 Å². The zero-order valence-corrected chi connectivity index (χ0v) is 16.6. The van der Waals surface area contributed by atoms with Crippen molar-refractivity contribution in [3.63, 3.8) is 0 Å². The van der Waals surface area contributed by atoms with Gasteiger partial charge in [-0.25, -0.2) is 9.67 Å². The number of benzene rings is 1. The molecule has 2 heterocycles. The van der Waals surface area contributed by atoms with Gasteiger partial charge in [-0.15, -0.1) is 0 Å². The Morgan fingerprint density at radius 1 is 1.07 bits per heavy atom. The minimum absolute atomic E-state index is 0.705. The molecule has 2 aromatic heterocycles. The van der Waals surface area contributed by atoms with Crippen LogP contribution in [0.15, 0.2) is 37.2 Å². The first-order valence-electron chi connectivity index (χ1n) is 9.15. The number of methoxy groups -OCH3 is 1. The number of aryl methyl sites for hydroxylation is 3. The molecule has 0 aliphatic rings. The van der Waals surface area contributed by atoms with E-state index in [1.54, 1.807) is 19.8 Å². The van der Waals surface area contributed by atoms with Gasteiger partial charge in [0, 0.05) is 45.6 Å². The summed E-state index contributed by atoms with van der Waals surface area (Å²) in [4.78, 5) is 6.44. The van der Waals surface area contributed by atoms with Gasteiger partial charge in [0.25, 0.3) is 0 Å². The summed E-state index contributed by atoms with van der Waals surface area (Å²) < 4.78 is 9.02. The van der Waals surface area contributed by atoms with Gasteiger partial charge in [-0.05, 0) is 36.1 Å². The topological polar surface area (TPSA) is 61.0 Å². The van der Waals surface area contributed by atoms with Crippen LogP contribution in [-0.2, 0) is 31.4 Å². The van der Waals surface area contributed by atoms with E-state index in [9.17, 15) is 0 Å². The van der Waals surface area contributed by atoms with Crippen molar-refractivity contribution in [1.82, 2.24) is 29.4 Å². The van der Waals surface area contributed by atoms with Crippen molar-refractivity contribution >= 4 is 0 Å². The van der Waals surface area contributed by atoms with Gasteiger partial charge in [-0.2, -0.15) is 10.2 Å². The molecule has 0 radical (unpaired) electrons. The first-order chi connectivity index (χ1) is 13.0. The molecule has 0 amide bonds. The van der Waals surface area contributed by atoms with Gasteiger partial charge in [-0.1, -0.05) is 12.1 Å². The van der Waals surface area contributed by atoms with Crippen LogP contribution in [0.1, 0.15) is 27.8 Å². The molecule has 3 aromatic rings. The van der Waals surface area contributed by atoms with Crippen LogP contribution < -0.4 is 0 Å². The summed E-state index contributed by atoms with van der Waals surface area (Å²) in [6.45, 7) is 8.37. The van der Waals surface area contributed by atoms with Crippen LogP contribution in [0.2, 0.25) is 0 Å². The molecule has 0 saturated heterocycles. The Balaban J connectivity index is 1.79. The molecule has 0 N–H and O–H groups in total. The molecule has 7 nitrogen and oxygen atoms in total. The maximum absolute atomic E-state index is 5.32. The second-order valence-electron chi connectivity index (χ2n) is 7.02. The monoisotopic (exact) mass is 368 g/mol. The van der Waals surface area contributed by atoms with Gasteiger partial charge in [0.15, 0.2) is 0 Å². The molecule has 1 aromatic carbocycles. The summed E-state index contributed by atoms with van der Waals surface area (Å²) >= 11 is 0. The Bertz CT molecular complexity index is 855. The van der Waals surface area contributed by atoms with E-state index in [1.165, 1.54) is 27.8 Å². The van der Waals surface area contributed by atoms with Crippen molar-refractivity contribution in [2.45, 2.75) is 33.5 Å². The van der Waals surface area contributed by atoms with Gasteiger partial charge in [-0.3, -0.25) is 9.58 Å². The molecule has 0 saturated carbocycles. The standard InChI is InChI=1S/C20H28N6O/c1-16-7-17(2)20(13-26-15-21-14-23-26)8-19(16)12-25(5-6-27-4)11-18-9-22-24(3)10-18/h7-10,14-15H,5-6,11-13H2,1-4H3. The zero-order valence-electron chi connectivity index (χ0n) is 16.6. The maximum atomic E-state index is 5.32. The molecule has 0 spiro atoms. The molecular formula is C20H28N6O. The summed E-state index contributed by atoms with van der Waals surface area (Å²) in [5.41, 5.74) is 6.40. The molecule has 27 heavy (non-hydrogen) atoms. The lowest BCUT2D eigenvalue weighted by molar-refractivity contribution is 0.140. The van der Waals surface area contributed by atoms with Gasteiger partial charge < -0.3 is 4.74 Å². The molecule has 7 heteroatoms. The van der Waals surface area contributed by atoms with Crippen molar-refractivity contribution in [2.24, 2.45) is 7.05 Å². The van der Waals surface area contributed by atoms with Gasteiger partial charge in [0.2, 0.25) is 0 Å². The van der Waals surface area contributed by atoms with Gasteiger partial charge in [0.05, 0.1) is 19.3 Å². The molecule has 3 rings (SSSR count). The van der Waals surface area contributed by atoms with Crippen molar-refractivity contribution in [2.75, 3.05) is 20.3 Å². The summed E-state index contributed by atoms with van der Waals surface area (Å²) in [7, 11) is 3.69. The van der Waals surface area contributed by atoms with Crippen LogP contribution in [0.3, 0.4) is 0 Å². The van der Waals surface area contributed by atoms with E-state index >= 15 is 0 Å². The Kier molecular flexibility index (Phi) is 6.36. The minimum atomic E-state index is 0.705. The van der Waals surface area contributed by atoms with E-state index < -0.39 is 0 Å². The minimum Gasteiger partial charge on any atom is -0.383 e. The molecule has 0 atom stereocenters. The van der Waals surface area contributed by atoms with Crippen LogP contribution >= 0.6 is 0 Å². The predicted molar refractivity (Wildman–Crippen MR) is 104 cm³/mol. The average molecular weight is 368 g/mol. The fourth-order valence-electron chi connectivity index (χ4n) is 3.26. The van der Waals surface area contributed by atoms with Gasteiger partial charge >= 0.3 is 0 Å². The van der Waals surface area contributed by atoms with E-state index in [1.807, 2.05) is 22.6 Å². The SMILES string of the molecule is COCCN(Cc1cnn(C)c1)Cc1cc(Cn2cncn2)c(C)cc1C. The third-order valence-electron chi connectivity index (χ3n) is 4.76. The fraction of sp³-hybridized carbons (Fsp3) is 0.450. The first-order valence-corrected chi connectivity index (χ1v) is 9.15. The van der Waals surface area contributed by atoms with E-state index in [-0.39, 0.29) is 0 Å². The number of hydrogen-bond donors (Lipinski definition) is 0. The maximum Gasteiger partial charge on any atom is 0.137 e. The number of aromatic nitrogens is 5. The smallest absolute Gasteiger partial charge is 0.137 e. The van der Waals surface area contributed by atoms with Crippen LogP contribution in [0.5, 0.6) is 0 Å². The Morgan fingerprint density at radius 3 is 2.56 bits per heavy atom. The van der Waals surface area contributed by atoms with Crippen LogP contribution in [-0.4, -0.2) is 49.7 Å². The lowest BCUT2D eigenvalue weighted by Crippen LogP contribution is -2.27. The Labute approximate surface area is 160 Å². The summed E-state index contributed by atoms with van der Waals surface area (Å²) in [6.07, 6.45) is 7.33. The fourth-order valence-corrected chi connectivity index (χ4v) is 3.26. The molecule has 0 bridgehead atoms. The highest BCUT2D eigenvalue weighted by molar-refractivity contribution is 5.37. The first kappa shape index (κ1) is 19.3. The van der Waals surface area contributed by atoms with E-state index in [0.717, 1.165) is 26.2 Å². The lowest BCUT2D eigenvalue weighted by atomic mass is 9.99. The van der Waals surface area contributed by atoms with Crippen molar-refractivity contribution in [3.05, 3.63) is 65.0 Å². The number of hydrogen-bond acceptors (Lipinski definition) is 5. The van der Waals surface area contributed by atoms with Crippen LogP contribution in [0, 0.1) is 13.8 Å². The number of ether oxygens (including phenoxy) is 1. The molecule has 0 aliphatic heterocycles. The van der Waals surface area contributed by atoms with Crippen molar-refractivity contribution in [1.29, 1.82) is 0 Å². The highest BCUT2D eigenvalue weighted by Crippen LogP contribution is 2.20. The predicted octanol–water partition coefficient (Wildman–Crippen LogP) is 2.33. The number of rotatable bonds is 9. The highest BCUT2D eigenvalue weighted by Gasteiger charge is 2.12. The summed E-state index contributed by atoms with van der Waals surface area (Å²) in [5.74, 6) is 0. The zero-order chi connectivity index (χ0) is 19.2. The second-order valence-corrected chi connectivity index (χ2v) is 7.02. The molecule has 0 fully saturated rings. The molecule has 0 aliphatic carbocycles. The lowest BCUT2D eigenvalue weighted by Gasteiger charge is -2.23. The quantitative estimate of drug-likeness (QED) is 0.580. The van der Waals surface area contributed by atoms with E-state index in [4.69, 9.17) is 4.74 Å². The normalized spacial score (nSPS) is 11.4. The van der Waals surface area contributed by atoms with E-state index in [2.05, 4.69) is 52.3 Å². The average Bonchev–Trinajstić information content (AvgIpc) is 3.28. The Hall–Kier alpha value is -2.51. The van der Waals surface area contributed by atoms with Crippen molar-refractivity contribution < 1.29 is 4.74 Å². The highest BCUT2D eigenvalue weighted by atomic mass is 16.5. The summed E-state index contributed by atoms with van der Waals surface area (Å²) in [5, 5.41) is 8.52. The summed E-state index contributed by atoms with van der Waals surface area (Å²) in [6, 6.07) is 4.57. The number of nitrogens with zero attached hydrogens (tertiary/aromatic N) is 6. The molecule has 0 unspecified atom stereocenters. The largest absolute Gasteiger partial charge is 0.383 e. The molecular weight excluding hydrogens is 340 g/mol. The Morgan fingerprint density at radius 2 is 1.89 bits per heavy atom. The molecule has 144 valence electrons. The van der Waals surface area contributed by atoms with Crippen LogP contribution in [0.4, 0.5) is 0 Å².